The van der Waals surface area contributed by atoms with Gasteiger partial charge in [-0.15, -0.1) is 0 Å². The minimum absolute atomic E-state index is 0.437. The minimum atomic E-state index is 0.437. The monoisotopic (exact) mass is 257 g/mol. The predicted octanol–water partition coefficient (Wildman–Crippen LogP) is 2.90. The number of halogens is 1. The van der Waals surface area contributed by atoms with Gasteiger partial charge in [-0.3, -0.25) is 0 Å². The Kier molecular flexibility index (Phi) is 4.30. The lowest BCUT2D eigenvalue weighted by Crippen LogP contribution is -2.13. The highest BCUT2D eigenvalue weighted by molar-refractivity contribution is 6.31. The summed E-state index contributed by atoms with van der Waals surface area (Å²) in [6, 6.07) is 13.4. The fourth-order valence-corrected chi connectivity index (χ4v) is 1.83. The molecule has 0 aliphatic carbocycles. The molecule has 0 amide bonds. The first-order valence-electron chi connectivity index (χ1n) is 5.59. The zero-order valence-electron chi connectivity index (χ0n) is 9.73. The lowest BCUT2D eigenvalue weighted by molar-refractivity contribution is 0.692. The van der Waals surface area contributed by atoms with Gasteiger partial charge in [-0.2, -0.15) is 5.26 Å². The molecule has 1 heterocycles. The molecule has 0 bridgehead atoms. The SMILES string of the molecule is N#Cc1cc(CNCc2ccccc2Cl)ccn1. The van der Waals surface area contributed by atoms with Gasteiger partial charge >= 0.3 is 0 Å². The summed E-state index contributed by atoms with van der Waals surface area (Å²) < 4.78 is 0. The van der Waals surface area contributed by atoms with Crippen molar-refractivity contribution in [2.75, 3.05) is 0 Å². The Morgan fingerprint density at radius 1 is 1.22 bits per heavy atom. The van der Waals surface area contributed by atoms with Crippen LogP contribution in [0.3, 0.4) is 0 Å². The van der Waals surface area contributed by atoms with E-state index in [2.05, 4.69) is 10.3 Å². The maximum atomic E-state index is 8.75. The van der Waals surface area contributed by atoms with Crippen LogP contribution in [0.25, 0.3) is 0 Å². The molecular formula is C14H12ClN3. The van der Waals surface area contributed by atoms with Crippen LogP contribution in [-0.2, 0) is 13.1 Å². The van der Waals surface area contributed by atoms with E-state index in [9.17, 15) is 0 Å². The Labute approximate surface area is 111 Å². The van der Waals surface area contributed by atoms with E-state index in [0.29, 0.717) is 18.8 Å². The molecule has 0 radical (unpaired) electrons. The quantitative estimate of drug-likeness (QED) is 0.916. The van der Waals surface area contributed by atoms with Crippen molar-refractivity contribution in [3.63, 3.8) is 0 Å². The first kappa shape index (κ1) is 12.6. The molecule has 0 saturated carbocycles. The highest BCUT2D eigenvalue weighted by Gasteiger charge is 1.99. The van der Waals surface area contributed by atoms with Crippen LogP contribution in [0.4, 0.5) is 0 Å². The Bertz CT molecular complexity index is 575. The van der Waals surface area contributed by atoms with Gasteiger partial charge in [0.25, 0.3) is 0 Å². The van der Waals surface area contributed by atoms with E-state index in [-0.39, 0.29) is 0 Å². The predicted molar refractivity (Wildman–Crippen MR) is 70.9 cm³/mol. The molecule has 0 fully saturated rings. The number of hydrogen-bond donors (Lipinski definition) is 1. The molecule has 0 unspecified atom stereocenters. The van der Waals surface area contributed by atoms with Crippen LogP contribution in [0.15, 0.2) is 42.6 Å². The Morgan fingerprint density at radius 2 is 2.06 bits per heavy atom. The second kappa shape index (κ2) is 6.15. The molecular weight excluding hydrogens is 246 g/mol. The number of nitrogens with zero attached hydrogens (tertiary/aromatic N) is 2. The zero-order chi connectivity index (χ0) is 12.8. The van der Waals surface area contributed by atoms with Crippen LogP contribution in [0.2, 0.25) is 5.02 Å². The van der Waals surface area contributed by atoms with Crippen molar-refractivity contribution in [1.29, 1.82) is 5.26 Å². The van der Waals surface area contributed by atoms with Gasteiger partial charge in [0.05, 0.1) is 0 Å². The van der Waals surface area contributed by atoms with E-state index >= 15 is 0 Å². The minimum Gasteiger partial charge on any atom is -0.309 e. The fraction of sp³-hybridized carbons (Fsp3) is 0.143. The average molecular weight is 258 g/mol. The van der Waals surface area contributed by atoms with Crippen molar-refractivity contribution in [2.24, 2.45) is 0 Å². The van der Waals surface area contributed by atoms with Crippen molar-refractivity contribution < 1.29 is 0 Å². The molecule has 0 aliphatic rings. The van der Waals surface area contributed by atoms with Crippen molar-refractivity contribution in [3.8, 4) is 6.07 Å². The third-order valence-electron chi connectivity index (χ3n) is 2.54. The van der Waals surface area contributed by atoms with Gasteiger partial charge in [0.1, 0.15) is 11.8 Å². The number of rotatable bonds is 4. The van der Waals surface area contributed by atoms with E-state index in [4.69, 9.17) is 16.9 Å². The summed E-state index contributed by atoms with van der Waals surface area (Å²) >= 11 is 6.06. The number of nitrogens with one attached hydrogen (secondary N) is 1. The number of pyridine rings is 1. The third-order valence-corrected chi connectivity index (χ3v) is 2.91. The first-order valence-corrected chi connectivity index (χ1v) is 5.96. The second-order valence-corrected chi connectivity index (χ2v) is 4.26. The largest absolute Gasteiger partial charge is 0.309 e. The Balaban J connectivity index is 1.93. The summed E-state index contributed by atoms with van der Waals surface area (Å²) in [4.78, 5) is 3.93. The van der Waals surface area contributed by atoms with Gasteiger partial charge in [-0.1, -0.05) is 29.8 Å². The summed E-state index contributed by atoms with van der Waals surface area (Å²) in [5.74, 6) is 0. The van der Waals surface area contributed by atoms with E-state index in [0.717, 1.165) is 16.1 Å². The highest BCUT2D eigenvalue weighted by Crippen LogP contribution is 2.14. The van der Waals surface area contributed by atoms with Gasteiger partial charge in [-0.25, -0.2) is 4.98 Å². The number of nitriles is 1. The van der Waals surface area contributed by atoms with E-state index in [1.807, 2.05) is 36.4 Å². The molecule has 1 aromatic heterocycles. The van der Waals surface area contributed by atoms with Crippen LogP contribution < -0.4 is 5.32 Å². The van der Waals surface area contributed by atoms with Crippen LogP contribution in [0, 0.1) is 11.3 Å². The molecule has 18 heavy (non-hydrogen) atoms. The highest BCUT2D eigenvalue weighted by atomic mass is 35.5. The number of aromatic nitrogens is 1. The molecule has 0 aliphatic heterocycles. The van der Waals surface area contributed by atoms with Crippen molar-refractivity contribution in [1.82, 2.24) is 10.3 Å². The zero-order valence-corrected chi connectivity index (χ0v) is 10.5. The lowest BCUT2D eigenvalue weighted by atomic mass is 10.2. The van der Waals surface area contributed by atoms with E-state index in [1.165, 1.54) is 0 Å². The summed E-state index contributed by atoms with van der Waals surface area (Å²) in [5, 5.41) is 12.8. The molecule has 2 rings (SSSR count). The Hall–Kier alpha value is -1.89. The first-order chi connectivity index (χ1) is 8.79. The average Bonchev–Trinajstić information content (AvgIpc) is 2.41. The summed E-state index contributed by atoms with van der Waals surface area (Å²) in [6.07, 6.45) is 1.64. The van der Waals surface area contributed by atoms with Gasteiger partial charge < -0.3 is 5.32 Å². The third kappa shape index (κ3) is 3.30. The second-order valence-electron chi connectivity index (χ2n) is 3.86. The van der Waals surface area contributed by atoms with Crippen LogP contribution in [-0.4, -0.2) is 4.98 Å². The molecule has 1 aromatic carbocycles. The van der Waals surface area contributed by atoms with E-state index in [1.54, 1.807) is 12.3 Å². The summed E-state index contributed by atoms with van der Waals surface area (Å²) in [5.41, 5.74) is 2.54. The standard InChI is InChI=1S/C14H12ClN3/c15-14-4-2-1-3-12(14)10-17-9-11-5-6-18-13(7-11)8-16/h1-7,17H,9-10H2. The molecule has 0 spiro atoms. The molecule has 0 saturated heterocycles. The van der Waals surface area contributed by atoms with Gasteiger partial charge in [0, 0.05) is 24.3 Å². The van der Waals surface area contributed by atoms with Gasteiger partial charge in [0.15, 0.2) is 0 Å². The smallest absolute Gasteiger partial charge is 0.140 e. The lowest BCUT2D eigenvalue weighted by Gasteiger charge is -2.06. The number of benzene rings is 1. The summed E-state index contributed by atoms with van der Waals surface area (Å²) in [6.45, 7) is 1.38. The maximum absolute atomic E-state index is 8.75. The van der Waals surface area contributed by atoms with Gasteiger partial charge in [-0.05, 0) is 29.3 Å². The van der Waals surface area contributed by atoms with Crippen molar-refractivity contribution in [2.45, 2.75) is 13.1 Å². The normalized spacial score (nSPS) is 10.0. The fourth-order valence-electron chi connectivity index (χ4n) is 1.63. The van der Waals surface area contributed by atoms with E-state index < -0.39 is 0 Å². The molecule has 3 nitrogen and oxygen atoms in total. The molecule has 1 N–H and O–H groups in total. The molecule has 0 atom stereocenters. The van der Waals surface area contributed by atoms with Crippen LogP contribution in [0.1, 0.15) is 16.8 Å². The van der Waals surface area contributed by atoms with Crippen molar-refractivity contribution >= 4 is 11.6 Å². The molecule has 2 aromatic rings. The number of hydrogen-bond acceptors (Lipinski definition) is 3. The van der Waals surface area contributed by atoms with Crippen LogP contribution >= 0.6 is 11.6 Å². The maximum Gasteiger partial charge on any atom is 0.140 e. The summed E-state index contributed by atoms with van der Waals surface area (Å²) in [7, 11) is 0. The van der Waals surface area contributed by atoms with Crippen molar-refractivity contribution in [3.05, 3.63) is 64.4 Å². The molecule has 90 valence electrons. The van der Waals surface area contributed by atoms with Crippen LogP contribution in [0.5, 0.6) is 0 Å². The van der Waals surface area contributed by atoms with Gasteiger partial charge in [0.2, 0.25) is 0 Å². The topological polar surface area (TPSA) is 48.7 Å². The Morgan fingerprint density at radius 3 is 2.83 bits per heavy atom. The molecule has 4 heteroatoms.